The van der Waals surface area contributed by atoms with Gasteiger partial charge < -0.3 is 20.9 Å². The molecular formula is C24H26BrN5O2S. The second-order valence-corrected chi connectivity index (χ2v) is 9.95. The monoisotopic (exact) mass is 527 g/mol. The summed E-state index contributed by atoms with van der Waals surface area (Å²) in [5.74, 6) is -0.436. The van der Waals surface area contributed by atoms with Gasteiger partial charge in [0.1, 0.15) is 10.3 Å². The van der Waals surface area contributed by atoms with E-state index in [0.29, 0.717) is 35.9 Å². The molecule has 1 fully saturated rings. The lowest BCUT2D eigenvalue weighted by atomic mass is 10.1. The van der Waals surface area contributed by atoms with Crippen molar-refractivity contribution < 1.29 is 9.59 Å². The van der Waals surface area contributed by atoms with E-state index >= 15 is 0 Å². The summed E-state index contributed by atoms with van der Waals surface area (Å²) in [5.41, 5.74) is 8.75. The highest BCUT2D eigenvalue weighted by atomic mass is 79.9. The van der Waals surface area contributed by atoms with Gasteiger partial charge in [-0.2, -0.15) is 0 Å². The lowest BCUT2D eigenvalue weighted by Gasteiger charge is -2.32. The van der Waals surface area contributed by atoms with Crippen molar-refractivity contribution in [3.8, 4) is 0 Å². The van der Waals surface area contributed by atoms with Crippen LogP contribution in [0.4, 0.5) is 5.69 Å². The number of rotatable bonds is 5. The van der Waals surface area contributed by atoms with Crippen LogP contribution < -0.4 is 11.1 Å². The number of hydrogen-bond acceptors (Lipinski definition) is 6. The number of likely N-dealkylation sites (N-methyl/N-ethyl adjacent to an activating group) is 1. The molecule has 2 aromatic carbocycles. The summed E-state index contributed by atoms with van der Waals surface area (Å²) in [7, 11) is 2.04. The number of benzene rings is 2. The fraction of sp³-hybridized carbons (Fsp3) is 0.292. The Morgan fingerprint density at radius 1 is 1.09 bits per heavy atom. The zero-order valence-corrected chi connectivity index (χ0v) is 20.7. The van der Waals surface area contributed by atoms with Gasteiger partial charge in [0.15, 0.2) is 0 Å². The molecule has 0 saturated carbocycles. The van der Waals surface area contributed by atoms with Crippen LogP contribution in [0.15, 0.2) is 75.3 Å². The summed E-state index contributed by atoms with van der Waals surface area (Å²) in [6.45, 7) is 3.25. The van der Waals surface area contributed by atoms with Crippen LogP contribution in [-0.2, 0) is 16.1 Å². The predicted molar refractivity (Wildman–Crippen MR) is 137 cm³/mol. The smallest absolute Gasteiger partial charge is 0.258 e. The van der Waals surface area contributed by atoms with Gasteiger partial charge in [-0.15, -0.1) is 0 Å². The van der Waals surface area contributed by atoms with Crippen molar-refractivity contribution in [2.75, 3.05) is 38.5 Å². The maximum absolute atomic E-state index is 13.5. The van der Waals surface area contributed by atoms with Gasteiger partial charge in [-0.1, -0.05) is 54.2 Å². The van der Waals surface area contributed by atoms with E-state index in [2.05, 4.69) is 26.1 Å². The number of thioether (sulfide) groups is 1. The molecule has 7 nitrogen and oxygen atoms in total. The van der Waals surface area contributed by atoms with E-state index in [0.717, 1.165) is 23.1 Å². The lowest BCUT2D eigenvalue weighted by molar-refractivity contribution is -0.128. The van der Waals surface area contributed by atoms with Crippen molar-refractivity contribution in [2.24, 2.45) is 10.7 Å². The predicted octanol–water partition coefficient (Wildman–Crippen LogP) is 3.09. The Bertz CT molecular complexity index is 1100. The number of nitrogens with two attached hydrogens (primary N) is 1. The molecule has 2 aliphatic heterocycles. The number of aliphatic imine (C=N–C) groups is 1. The summed E-state index contributed by atoms with van der Waals surface area (Å²) < 4.78 is 0.774. The first-order chi connectivity index (χ1) is 15.9. The molecule has 2 amide bonds. The fourth-order valence-electron chi connectivity index (χ4n) is 3.69. The van der Waals surface area contributed by atoms with Crippen LogP contribution in [0.25, 0.3) is 0 Å². The first kappa shape index (κ1) is 23.5. The SMILES string of the molecule is CN1CCN(C(=O)C2=C(N)C(C(=O)Nc3ccccc3Br)SC2=NCc2ccccc2)CC1. The Kier molecular flexibility index (Phi) is 7.52. The van der Waals surface area contributed by atoms with E-state index in [1.807, 2.05) is 61.6 Å². The van der Waals surface area contributed by atoms with Crippen LogP contribution in [0.3, 0.4) is 0 Å². The number of anilines is 1. The summed E-state index contributed by atoms with van der Waals surface area (Å²) >= 11 is 4.69. The summed E-state index contributed by atoms with van der Waals surface area (Å²) in [6, 6.07) is 17.2. The van der Waals surface area contributed by atoms with Crippen LogP contribution in [0.2, 0.25) is 0 Å². The molecule has 172 valence electrons. The third kappa shape index (κ3) is 5.48. The number of carbonyl (C=O) groups excluding carboxylic acids is 2. The largest absolute Gasteiger partial charge is 0.400 e. The molecule has 33 heavy (non-hydrogen) atoms. The van der Waals surface area contributed by atoms with Crippen molar-refractivity contribution in [1.82, 2.24) is 9.80 Å². The molecule has 0 bridgehead atoms. The first-order valence-electron chi connectivity index (χ1n) is 10.7. The molecule has 1 saturated heterocycles. The topological polar surface area (TPSA) is 91.0 Å². The van der Waals surface area contributed by atoms with E-state index in [1.54, 1.807) is 4.90 Å². The van der Waals surface area contributed by atoms with E-state index in [4.69, 9.17) is 10.7 Å². The van der Waals surface area contributed by atoms with E-state index in [9.17, 15) is 9.59 Å². The Balaban J connectivity index is 1.61. The molecule has 1 atom stereocenters. The molecule has 3 N–H and O–H groups in total. The lowest BCUT2D eigenvalue weighted by Crippen LogP contribution is -2.48. The number of nitrogens with one attached hydrogen (secondary N) is 1. The Morgan fingerprint density at radius 3 is 2.45 bits per heavy atom. The zero-order valence-electron chi connectivity index (χ0n) is 18.3. The van der Waals surface area contributed by atoms with Crippen molar-refractivity contribution in [3.63, 3.8) is 0 Å². The molecule has 4 rings (SSSR count). The Hall–Kier alpha value is -2.62. The van der Waals surface area contributed by atoms with Gasteiger partial charge in [0.25, 0.3) is 5.91 Å². The van der Waals surface area contributed by atoms with Crippen LogP contribution in [0.1, 0.15) is 5.56 Å². The Morgan fingerprint density at radius 2 is 1.76 bits per heavy atom. The number of halogens is 1. The van der Waals surface area contributed by atoms with E-state index < -0.39 is 5.25 Å². The van der Waals surface area contributed by atoms with E-state index in [-0.39, 0.29) is 17.5 Å². The van der Waals surface area contributed by atoms with Gasteiger partial charge in [0, 0.05) is 36.3 Å². The Labute approximate surface area is 206 Å². The summed E-state index contributed by atoms with van der Waals surface area (Å²) in [6.07, 6.45) is 0. The van der Waals surface area contributed by atoms with Gasteiger partial charge in [0.2, 0.25) is 5.91 Å². The van der Waals surface area contributed by atoms with Gasteiger partial charge in [-0.3, -0.25) is 14.6 Å². The second-order valence-electron chi connectivity index (χ2n) is 8.00. The normalized spacial score (nSPS) is 20.4. The number of piperazine rings is 1. The molecule has 2 heterocycles. The first-order valence-corrected chi connectivity index (χ1v) is 12.4. The highest BCUT2D eigenvalue weighted by Gasteiger charge is 2.40. The molecule has 2 aromatic rings. The molecule has 0 aliphatic carbocycles. The minimum atomic E-state index is -0.724. The minimum Gasteiger partial charge on any atom is -0.400 e. The minimum absolute atomic E-state index is 0.156. The average molecular weight is 528 g/mol. The van der Waals surface area contributed by atoms with Gasteiger partial charge >= 0.3 is 0 Å². The van der Waals surface area contributed by atoms with Crippen LogP contribution >= 0.6 is 27.7 Å². The van der Waals surface area contributed by atoms with Crippen molar-refractivity contribution in [1.29, 1.82) is 0 Å². The van der Waals surface area contributed by atoms with E-state index in [1.165, 1.54) is 11.8 Å². The van der Waals surface area contributed by atoms with Gasteiger partial charge in [-0.05, 0) is 40.7 Å². The van der Waals surface area contributed by atoms with Gasteiger partial charge in [-0.25, -0.2) is 0 Å². The molecule has 0 aromatic heterocycles. The zero-order chi connectivity index (χ0) is 23.4. The third-order valence-corrected chi connectivity index (χ3v) is 7.59. The molecule has 9 heteroatoms. The van der Waals surface area contributed by atoms with Crippen LogP contribution in [-0.4, -0.2) is 65.1 Å². The average Bonchev–Trinajstić information content (AvgIpc) is 3.16. The third-order valence-electron chi connectivity index (χ3n) is 5.64. The molecule has 0 spiro atoms. The second kappa shape index (κ2) is 10.5. The summed E-state index contributed by atoms with van der Waals surface area (Å²) in [5, 5.41) is 2.71. The quantitative estimate of drug-likeness (QED) is 0.623. The highest BCUT2D eigenvalue weighted by molar-refractivity contribution is 9.10. The number of amides is 2. The highest BCUT2D eigenvalue weighted by Crippen LogP contribution is 2.35. The van der Waals surface area contributed by atoms with Crippen molar-refractivity contribution in [2.45, 2.75) is 11.8 Å². The maximum atomic E-state index is 13.5. The number of para-hydroxylation sites is 1. The molecule has 2 aliphatic rings. The van der Waals surface area contributed by atoms with Gasteiger partial charge in [0.05, 0.1) is 17.8 Å². The van der Waals surface area contributed by atoms with Crippen molar-refractivity contribution >= 4 is 50.2 Å². The standard InChI is InChI=1S/C24H26BrN5O2S/c1-29-11-13-30(14-12-29)24(32)19-20(26)21(22(31)28-18-10-6-5-9-17(18)25)33-23(19)27-15-16-7-3-2-4-8-16/h2-10,21H,11-15,26H2,1H3,(H,28,31). The number of hydrogen-bond donors (Lipinski definition) is 2. The number of carbonyl (C=O) groups is 2. The van der Waals surface area contributed by atoms with Crippen LogP contribution in [0, 0.1) is 0 Å². The molecular weight excluding hydrogens is 502 g/mol. The maximum Gasteiger partial charge on any atom is 0.258 e. The molecule has 1 unspecified atom stereocenters. The van der Waals surface area contributed by atoms with Crippen molar-refractivity contribution in [3.05, 3.63) is 75.9 Å². The molecule has 0 radical (unpaired) electrons. The van der Waals surface area contributed by atoms with Crippen LogP contribution in [0.5, 0.6) is 0 Å². The summed E-state index contributed by atoms with van der Waals surface area (Å²) in [4.78, 5) is 35.3. The fourth-order valence-corrected chi connectivity index (χ4v) is 5.17. The number of nitrogens with zero attached hydrogens (tertiary/aromatic N) is 3.